The Morgan fingerprint density at radius 2 is 1.53 bits per heavy atom. The maximum absolute atomic E-state index is 14.4. The molecule has 0 spiro atoms. The molecule has 0 heterocycles. The van der Waals surface area contributed by atoms with E-state index in [1.807, 2.05) is 61.5 Å². The average Bonchev–Trinajstić information content (AvgIpc) is 2.99. The van der Waals surface area contributed by atoms with Crippen LogP contribution in [0.25, 0.3) is 0 Å². The van der Waals surface area contributed by atoms with Gasteiger partial charge in [-0.3, -0.25) is 13.9 Å². The van der Waals surface area contributed by atoms with Crippen molar-refractivity contribution in [2.45, 2.75) is 37.8 Å². The Hall–Kier alpha value is -3.66. The summed E-state index contributed by atoms with van der Waals surface area (Å²) in [4.78, 5) is 29.5. The highest BCUT2D eigenvalue weighted by Crippen LogP contribution is 2.29. The number of likely N-dealkylation sites (N-methyl/N-ethyl adjacent to an activating group) is 1. The maximum atomic E-state index is 14.4. The molecule has 0 fully saturated rings. The number of halogens is 2. The second-order valence-electron chi connectivity index (χ2n) is 10.0. The van der Waals surface area contributed by atoms with Crippen molar-refractivity contribution in [1.82, 2.24) is 10.2 Å². The third-order valence-corrected chi connectivity index (χ3v) is 9.40. The molecule has 4 rings (SSSR count). The lowest BCUT2D eigenvalue weighted by atomic mass is 10.0. The van der Waals surface area contributed by atoms with E-state index in [1.54, 1.807) is 43.3 Å². The molecule has 2 amide bonds. The number of carbonyl (C=O) groups is 2. The minimum Gasteiger partial charge on any atom is -0.355 e. The zero-order chi connectivity index (χ0) is 31.0. The van der Waals surface area contributed by atoms with Crippen molar-refractivity contribution in [2.75, 3.05) is 17.4 Å². The molecule has 224 valence electrons. The van der Waals surface area contributed by atoms with Crippen LogP contribution in [-0.4, -0.2) is 44.3 Å². The summed E-state index contributed by atoms with van der Waals surface area (Å²) in [5.74, 6) is -0.851. The Morgan fingerprint density at radius 3 is 2.16 bits per heavy atom. The highest BCUT2D eigenvalue weighted by atomic mass is 79.9. The van der Waals surface area contributed by atoms with Crippen LogP contribution in [0.2, 0.25) is 5.02 Å². The summed E-state index contributed by atoms with van der Waals surface area (Å²) in [5, 5.41) is 3.31. The lowest BCUT2D eigenvalue weighted by Crippen LogP contribution is -2.53. The average molecular weight is 683 g/mol. The number of carbonyl (C=O) groups excluding carboxylic acids is 2. The molecule has 1 N–H and O–H groups in total. The molecular weight excluding hydrogens is 650 g/mol. The molecule has 0 saturated heterocycles. The smallest absolute Gasteiger partial charge is 0.264 e. The van der Waals surface area contributed by atoms with Crippen molar-refractivity contribution in [1.29, 1.82) is 0 Å². The lowest BCUT2D eigenvalue weighted by Gasteiger charge is -2.34. The van der Waals surface area contributed by atoms with Crippen molar-refractivity contribution >= 4 is 55.1 Å². The van der Waals surface area contributed by atoms with Crippen LogP contribution < -0.4 is 9.62 Å². The fourth-order valence-corrected chi connectivity index (χ4v) is 6.98. The van der Waals surface area contributed by atoms with E-state index in [2.05, 4.69) is 21.2 Å². The monoisotopic (exact) mass is 681 g/mol. The topological polar surface area (TPSA) is 86.8 Å². The number of nitrogens with one attached hydrogen (secondary N) is 1. The fraction of sp³-hybridized carbons (Fsp3) is 0.212. The molecule has 43 heavy (non-hydrogen) atoms. The minimum absolute atomic E-state index is 0.0419. The van der Waals surface area contributed by atoms with Gasteiger partial charge in [-0.2, -0.15) is 0 Å². The number of hydrogen-bond donors (Lipinski definition) is 1. The quantitative estimate of drug-likeness (QED) is 0.188. The molecule has 0 aliphatic rings. The second kappa shape index (κ2) is 14.7. The predicted octanol–water partition coefficient (Wildman–Crippen LogP) is 6.38. The SMILES string of the molecule is CCNC(=O)[C@H](Cc1ccccc1)N(Cc1cccc(Br)c1)C(=O)CN(c1ccc(Cl)cc1C)S(=O)(=O)c1ccccc1. The molecule has 4 aromatic carbocycles. The number of hydrogen-bond acceptors (Lipinski definition) is 4. The number of nitrogens with zero attached hydrogens (tertiary/aromatic N) is 2. The van der Waals surface area contributed by atoms with Crippen molar-refractivity contribution < 1.29 is 18.0 Å². The zero-order valence-electron chi connectivity index (χ0n) is 23.9. The van der Waals surface area contributed by atoms with Gasteiger partial charge in [-0.25, -0.2) is 8.42 Å². The lowest BCUT2D eigenvalue weighted by molar-refractivity contribution is -0.140. The van der Waals surface area contributed by atoms with Crippen molar-refractivity contribution in [3.63, 3.8) is 0 Å². The van der Waals surface area contributed by atoms with Crippen LogP contribution in [0.5, 0.6) is 0 Å². The first-order valence-electron chi connectivity index (χ1n) is 13.8. The van der Waals surface area contributed by atoms with Gasteiger partial charge in [-0.1, -0.05) is 88.2 Å². The number of benzene rings is 4. The molecule has 1 atom stereocenters. The van der Waals surface area contributed by atoms with Gasteiger partial charge in [0.2, 0.25) is 11.8 Å². The van der Waals surface area contributed by atoms with E-state index in [0.717, 1.165) is 19.9 Å². The predicted molar refractivity (Wildman–Crippen MR) is 174 cm³/mol. The van der Waals surface area contributed by atoms with Crippen LogP contribution in [0, 0.1) is 6.92 Å². The zero-order valence-corrected chi connectivity index (χ0v) is 27.1. The normalized spacial score (nSPS) is 11.9. The molecule has 0 radical (unpaired) electrons. The molecule has 0 aromatic heterocycles. The van der Waals surface area contributed by atoms with Crippen LogP contribution in [0.4, 0.5) is 5.69 Å². The summed E-state index contributed by atoms with van der Waals surface area (Å²) >= 11 is 9.69. The van der Waals surface area contributed by atoms with Gasteiger partial charge in [0.05, 0.1) is 10.6 Å². The van der Waals surface area contributed by atoms with E-state index in [-0.39, 0.29) is 23.8 Å². The molecule has 0 aliphatic carbocycles. The van der Waals surface area contributed by atoms with Gasteiger partial charge in [0.15, 0.2) is 0 Å². The summed E-state index contributed by atoms with van der Waals surface area (Å²) in [6.07, 6.45) is 0.248. The molecule has 0 aliphatic heterocycles. The molecule has 0 unspecified atom stereocenters. The number of anilines is 1. The van der Waals surface area contributed by atoms with Gasteiger partial charge >= 0.3 is 0 Å². The van der Waals surface area contributed by atoms with E-state index in [9.17, 15) is 18.0 Å². The largest absolute Gasteiger partial charge is 0.355 e. The van der Waals surface area contributed by atoms with Gasteiger partial charge in [0, 0.05) is 29.0 Å². The third kappa shape index (κ3) is 8.25. The van der Waals surface area contributed by atoms with Crippen LogP contribution in [0.15, 0.2) is 112 Å². The Morgan fingerprint density at radius 1 is 0.884 bits per heavy atom. The summed E-state index contributed by atoms with van der Waals surface area (Å²) in [5.41, 5.74) is 2.56. The van der Waals surface area contributed by atoms with E-state index >= 15 is 0 Å². The fourth-order valence-electron chi connectivity index (χ4n) is 4.81. The molecule has 0 saturated carbocycles. The van der Waals surface area contributed by atoms with E-state index in [4.69, 9.17) is 11.6 Å². The molecule has 0 bridgehead atoms. The first-order chi connectivity index (χ1) is 20.6. The Labute approximate surface area is 266 Å². The summed E-state index contributed by atoms with van der Waals surface area (Å²) in [7, 11) is -4.18. The van der Waals surface area contributed by atoms with Crippen molar-refractivity contribution in [3.8, 4) is 0 Å². The highest BCUT2D eigenvalue weighted by molar-refractivity contribution is 9.10. The number of rotatable bonds is 12. The summed E-state index contributed by atoms with van der Waals surface area (Å²) in [6, 6.07) is 28.8. The van der Waals surface area contributed by atoms with Crippen LogP contribution in [0.1, 0.15) is 23.6 Å². The summed E-state index contributed by atoms with van der Waals surface area (Å²) < 4.78 is 30.0. The Bertz CT molecular complexity index is 1670. The summed E-state index contributed by atoms with van der Waals surface area (Å²) in [6.45, 7) is 3.49. The molecular formula is C33H33BrClN3O4S. The van der Waals surface area contributed by atoms with E-state index in [0.29, 0.717) is 22.8 Å². The van der Waals surface area contributed by atoms with Crippen molar-refractivity contribution in [2.24, 2.45) is 0 Å². The standard InChI is InChI=1S/C33H33BrClN3O4S/c1-3-36-33(40)31(21-25-11-6-4-7-12-25)37(22-26-13-10-14-27(34)20-26)32(39)23-38(30-18-17-28(35)19-24(30)2)43(41,42)29-15-8-5-9-16-29/h4-20,31H,3,21-23H2,1-2H3,(H,36,40)/t31-/m0/s1. The van der Waals surface area contributed by atoms with E-state index < -0.39 is 28.5 Å². The molecule has 4 aromatic rings. The maximum Gasteiger partial charge on any atom is 0.264 e. The third-order valence-electron chi connectivity index (χ3n) is 6.90. The highest BCUT2D eigenvalue weighted by Gasteiger charge is 2.35. The number of aryl methyl sites for hydroxylation is 1. The van der Waals surface area contributed by atoms with Crippen LogP contribution >= 0.6 is 27.5 Å². The van der Waals surface area contributed by atoms with Crippen LogP contribution in [0.3, 0.4) is 0 Å². The Balaban J connectivity index is 1.81. The second-order valence-corrected chi connectivity index (χ2v) is 13.2. The van der Waals surface area contributed by atoms with Crippen molar-refractivity contribution in [3.05, 3.63) is 129 Å². The minimum atomic E-state index is -4.18. The van der Waals surface area contributed by atoms with Gasteiger partial charge in [-0.15, -0.1) is 0 Å². The first kappa shape index (κ1) is 32.3. The van der Waals surface area contributed by atoms with Gasteiger partial charge in [0.25, 0.3) is 10.0 Å². The number of sulfonamides is 1. The van der Waals surface area contributed by atoms with Gasteiger partial charge < -0.3 is 10.2 Å². The van der Waals surface area contributed by atoms with E-state index in [1.165, 1.54) is 17.0 Å². The molecule has 7 nitrogen and oxygen atoms in total. The van der Waals surface area contributed by atoms with Gasteiger partial charge in [-0.05, 0) is 73.0 Å². The first-order valence-corrected chi connectivity index (χ1v) is 16.4. The van der Waals surface area contributed by atoms with Crippen LogP contribution in [-0.2, 0) is 32.6 Å². The number of amides is 2. The Kier molecular flexibility index (Phi) is 11.0. The van der Waals surface area contributed by atoms with Gasteiger partial charge in [0.1, 0.15) is 12.6 Å². The molecule has 10 heteroatoms.